The number of alkyl halides is 2. The van der Waals surface area contributed by atoms with Gasteiger partial charge in [-0.2, -0.15) is 0 Å². The van der Waals surface area contributed by atoms with Gasteiger partial charge in [-0.25, -0.2) is 13.8 Å². The lowest BCUT2D eigenvalue weighted by molar-refractivity contribution is -0.115. The molecule has 0 aliphatic carbocycles. The molecule has 238 valence electrons. The number of benzene rings is 1. The van der Waals surface area contributed by atoms with E-state index in [0.717, 1.165) is 59.4 Å². The van der Waals surface area contributed by atoms with Gasteiger partial charge in [0.1, 0.15) is 5.75 Å². The van der Waals surface area contributed by atoms with E-state index in [1.54, 1.807) is 25.4 Å². The number of amides is 1. The van der Waals surface area contributed by atoms with Crippen molar-refractivity contribution in [2.75, 3.05) is 32.9 Å². The molecule has 1 heterocycles. The fraction of sp³-hybridized carbons (Fsp3) is 0.562. The Morgan fingerprint density at radius 2 is 1.61 bits per heavy atom. The van der Waals surface area contributed by atoms with E-state index in [2.05, 4.69) is 47.7 Å². The highest BCUT2D eigenvalue weighted by Crippen LogP contribution is 2.28. The zero-order valence-corrected chi connectivity index (χ0v) is 28.6. The molecule has 0 saturated heterocycles. The highest BCUT2D eigenvalue weighted by atomic mass is 32.1. The quantitative estimate of drug-likeness (QED) is 0.152. The Labute approximate surface area is 254 Å². The number of ether oxygens (including phenoxy) is 1. The van der Waals surface area contributed by atoms with Gasteiger partial charge in [0.25, 0.3) is 0 Å². The van der Waals surface area contributed by atoms with E-state index in [9.17, 15) is 13.6 Å². The Hall–Kier alpha value is -2.94. The number of hydrogen-bond acceptors (Lipinski definition) is 6. The van der Waals surface area contributed by atoms with Crippen LogP contribution < -0.4 is 15.8 Å². The summed E-state index contributed by atoms with van der Waals surface area (Å²) in [5, 5.41) is 6.34. The van der Waals surface area contributed by atoms with Crippen LogP contribution >= 0.6 is 11.3 Å². The first kappa shape index (κ1) is 45.1. The van der Waals surface area contributed by atoms with Crippen molar-refractivity contribution in [3.8, 4) is 5.75 Å². The van der Waals surface area contributed by atoms with Crippen molar-refractivity contribution >= 4 is 34.1 Å². The average Bonchev–Trinajstić information content (AvgIpc) is 3.47. The Morgan fingerprint density at radius 1 is 1.05 bits per heavy atom. The molecule has 0 aliphatic rings. The van der Waals surface area contributed by atoms with Crippen LogP contribution in [0.1, 0.15) is 99.8 Å². The summed E-state index contributed by atoms with van der Waals surface area (Å²) in [5.41, 5.74) is 10.8. The molecule has 1 aromatic carbocycles. The van der Waals surface area contributed by atoms with Gasteiger partial charge in [0.05, 0.1) is 12.3 Å². The van der Waals surface area contributed by atoms with Gasteiger partial charge < -0.3 is 20.7 Å². The summed E-state index contributed by atoms with van der Waals surface area (Å²) in [4.78, 5) is 15.5. The number of unbranched alkanes of at least 4 members (excludes halogenated alkanes) is 2. The summed E-state index contributed by atoms with van der Waals surface area (Å²) in [7, 11) is 3.38. The van der Waals surface area contributed by atoms with Crippen molar-refractivity contribution in [1.82, 2.24) is 9.88 Å². The third-order valence-corrected chi connectivity index (χ3v) is 5.17. The number of rotatable bonds is 11. The summed E-state index contributed by atoms with van der Waals surface area (Å²) in [6, 6.07) is 6.26. The predicted molar refractivity (Wildman–Crippen MR) is 179 cm³/mol. The van der Waals surface area contributed by atoms with Crippen LogP contribution in [0.25, 0.3) is 5.57 Å². The SMILES string of the molecule is CC.CC.CC.CCCCCOc1ccc(Nc2nc(/C(C)=C/C=C(/C)N)cs2)cc1CC.CN(C)C=O.FCF. The molecule has 41 heavy (non-hydrogen) atoms. The van der Waals surface area contributed by atoms with Crippen LogP contribution in [-0.4, -0.2) is 43.9 Å². The van der Waals surface area contributed by atoms with Gasteiger partial charge in [-0.05, 0) is 62.1 Å². The minimum atomic E-state index is -1.75. The number of nitrogens with two attached hydrogens (primary N) is 1. The molecule has 6 nitrogen and oxygen atoms in total. The fourth-order valence-corrected chi connectivity index (χ4v) is 3.38. The Kier molecular flexibility index (Phi) is 36.6. The van der Waals surface area contributed by atoms with E-state index in [1.165, 1.54) is 23.3 Å². The molecule has 0 radical (unpaired) electrons. The maximum atomic E-state index is 9.62. The van der Waals surface area contributed by atoms with Crippen molar-refractivity contribution in [3.05, 3.63) is 52.7 Å². The van der Waals surface area contributed by atoms with Gasteiger partial charge >= 0.3 is 0 Å². The lowest BCUT2D eigenvalue weighted by Gasteiger charge is -2.12. The number of carbonyl (C=O) groups is 1. The summed E-state index contributed by atoms with van der Waals surface area (Å²) in [6.07, 6.45) is 9.10. The first-order valence-electron chi connectivity index (χ1n) is 14.5. The number of nitrogens with zero attached hydrogens (tertiary/aromatic N) is 2. The Balaban J connectivity index is -0.000000415. The molecule has 0 bridgehead atoms. The van der Waals surface area contributed by atoms with Crippen molar-refractivity contribution in [2.45, 2.75) is 94.9 Å². The van der Waals surface area contributed by atoms with Crippen molar-refractivity contribution in [2.24, 2.45) is 5.73 Å². The van der Waals surface area contributed by atoms with Gasteiger partial charge in [-0.3, -0.25) is 4.79 Å². The van der Waals surface area contributed by atoms with E-state index in [0.29, 0.717) is 0 Å². The second kappa shape index (κ2) is 33.3. The summed E-state index contributed by atoms with van der Waals surface area (Å²) >= 11 is 1.60. The van der Waals surface area contributed by atoms with Crippen molar-refractivity contribution < 1.29 is 18.3 Å². The third-order valence-electron chi connectivity index (χ3n) is 4.41. The molecule has 2 rings (SSSR count). The minimum Gasteiger partial charge on any atom is -0.493 e. The summed E-state index contributed by atoms with van der Waals surface area (Å²) in [6.45, 7) is 19.3. The van der Waals surface area contributed by atoms with Crippen LogP contribution in [0.2, 0.25) is 0 Å². The second-order valence-corrected chi connectivity index (χ2v) is 8.68. The van der Waals surface area contributed by atoms with E-state index in [4.69, 9.17) is 10.5 Å². The number of hydrogen-bond donors (Lipinski definition) is 2. The number of thiazole rings is 1. The van der Waals surface area contributed by atoms with Crippen LogP contribution in [-0.2, 0) is 11.2 Å². The molecule has 0 spiro atoms. The first-order chi connectivity index (χ1) is 19.7. The molecular formula is C32H58F2N4O2S. The molecule has 1 aromatic heterocycles. The first-order valence-corrected chi connectivity index (χ1v) is 15.4. The Morgan fingerprint density at radius 3 is 2.07 bits per heavy atom. The zero-order chi connectivity index (χ0) is 32.6. The van der Waals surface area contributed by atoms with Crippen LogP contribution in [0, 0.1) is 0 Å². The van der Waals surface area contributed by atoms with E-state index in [1.807, 2.05) is 67.5 Å². The molecule has 0 saturated carbocycles. The maximum absolute atomic E-state index is 9.62. The van der Waals surface area contributed by atoms with Gasteiger partial charge in [-0.1, -0.05) is 74.3 Å². The van der Waals surface area contributed by atoms with Gasteiger partial charge in [0, 0.05) is 30.9 Å². The monoisotopic (exact) mass is 600 g/mol. The maximum Gasteiger partial charge on any atom is 0.229 e. The molecule has 3 N–H and O–H groups in total. The third kappa shape index (κ3) is 25.8. The molecule has 1 amide bonds. The van der Waals surface area contributed by atoms with Crippen LogP contribution in [0.5, 0.6) is 5.75 Å². The van der Waals surface area contributed by atoms with Crippen LogP contribution in [0.3, 0.4) is 0 Å². The highest BCUT2D eigenvalue weighted by Gasteiger charge is 2.07. The number of nitrogens with one attached hydrogen (secondary N) is 1. The lowest BCUT2D eigenvalue weighted by Crippen LogP contribution is -2.06. The molecule has 0 fully saturated rings. The van der Waals surface area contributed by atoms with E-state index in [-0.39, 0.29) is 0 Å². The number of aromatic nitrogens is 1. The topological polar surface area (TPSA) is 80.5 Å². The smallest absolute Gasteiger partial charge is 0.229 e. The van der Waals surface area contributed by atoms with Gasteiger partial charge in [0.15, 0.2) is 5.13 Å². The molecule has 0 atom stereocenters. The largest absolute Gasteiger partial charge is 0.493 e. The summed E-state index contributed by atoms with van der Waals surface area (Å²) < 4.78 is 25.2. The molecule has 2 aromatic rings. The van der Waals surface area contributed by atoms with Crippen LogP contribution in [0.15, 0.2) is 41.4 Å². The Bertz CT molecular complexity index is 913. The molecule has 9 heteroatoms. The molecule has 0 unspecified atom stereocenters. The zero-order valence-electron chi connectivity index (χ0n) is 27.7. The average molecular weight is 601 g/mol. The second-order valence-electron chi connectivity index (χ2n) is 7.82. The minimum absolute atomic E-state index is 0.750. The number of carbonyl (C=O) groups excluding carboxylic acids is 1. The highest BCUT2D eigenvalue weighted by molar-refractivity contribution is 7.13. The van der Waals surface area contributed by atoms with Crippen molar-refractivity contribution in [1.29, 1.82) is 0 Å². The normalized spacial score (nSPS) is 9.80. The standard InChI is InChI=1S/C22H31N3OS.C3H7NO.3C2H6.CH2F2/c1-5-7-8-13-26-21-12-11-19(14-18(21)6-2)24-22-25-20(15-27-22)16(3)9-10-17(4)23;1-4(2)3-5;3*1-2;2-1-3/h9-12,14-15H,5-8,13,23H2,1-4H3,(H,24,25);3H,1-2H3;3*1-2H3;1H2/b16-9+,17-10-;;;;;. The van der Waals surface area contributed by atoms with Gasteiger partial charge in [0.2, 0.25) is 13.3 Å². The number of halogens is 2. The molecular weight excluding hydrogens is 542 g/mol. The fourth-order valence-electron chi connectivity index (χ4n) is 2.59. The van der Waals surface area contributed by atoms with Crippen molar-refractivity contribution in [3.63, 3.8) is 0 Å². The lowest BCUT2D eigenvalue weighted by atomic mass is 10.1. The summed E-state index contributed by atoms with van der Waals surface area (Å²) in [5.74, 6) is 0.988. The van der Waals surface area contributed by atoms with E-state index >= 15 is 0 Å². The number of anilines is 2. The van der Waals surface area contributed by atoms with Crippen LogP contribution in [0.4, 0.5) is 19.6 Å². The molecule has 0 aliphatic heterocycles. The number of aryl methyl sites for hydroxylation is 1. The van der Waals surface area contributed by atoms with Gasteiger partial charge in [-0.15, -0.1) is 11.3 Å². The number of allylic oxidation sites excluding steroid dienone is 4. The van der Waals surface area contributed by atoms with E-state index < -0.39 is 6.93 Å². The predicted octanol–water partition coefficient (Wildman–Crippen LogP) is 9.95.